The van der Waals surface area contributed by atoms with Crippen molar-refractivity contribution in [3.8, 4) is 0 Å². The maximum absolute atomic E-state index is 13.3. The van der Waals surface area contributed by atoms with Crippen LogP contribution in [-0.2, 0) is 30.8 Å². The summed E-state index contributed by atoms with van der Waals surface area (Å²) < 4.78 is 13.3. The van der Waals surface area contributed by atoms with E-state index in [-0.39, 0.29) is 24.1 Å². The van der Waals surface area contributed by atoms with Gasteiger partial charge in [-0.2, -0.15) is 0 Å². The molecule has 1 fully saturated rings. The number of nitrogens with one attached hydrogen (secondary N) is 2. The molecule has 2 heterocycles. The molecule has 3 aromatic carbocycles. The van der Waals surface area contributed by atoms with Gasteiger partial charge in [-0.05, 0) is 64.5 Å². The Kier molecular flexibility index (Phi) is 9.40. The van der Waals surface area contributed by atoms with Gasteiger partial charge in [-0.25, -0.2) is 4.39 Å². The van der Waals surface area contributed by atoms with E-state index in [0.717, 1.165) is 53.4 Å². The summed E-state index contributed by atoms with van der Waals surface area (Å²) in [5.74, 6) is -0.562. The summed E-state index contributed by atoms with van der Waals surface area (Å²) in [5.41, 5.74) is 10.8. The van der Waals surface area contributed by atoms with Gasteiger partial charge in [0, 0.05) is 67.6 Å². The van der Waals surface area contributed by atoms with Crippen molar-refractivity contribution < 1.29 is 14.0 Å². The molecule has 0 atom stereocenters. The van der Waals surface area contributed by atoms with Gasteiger partial charge in [0.05, 0.1) is 6.42 Å². The number of nitrogens with zero attached hydrogens (tertiary/aromatic N) is 2. The quantitative estimate of drug-likeness (QED) is 0.255. The van der Waals surface area contributed by atoms with E-state index in [4.69, 9.17) is 5.73 Å². The van der Waals surface area contributed by atoms with Crippen LogP contribution in [0.1, 0.15) is 31.9 Å². The highest BCUT2D eigenvalue weighted by atomic mass is 32.1. The minimum atomic E-state index is -0.237. The second-order valence-corrected chi connectivity index (χ2v) is 11.2. The highest BCUT2D eigenvalue weighted by Gasteiger charge is 2.20. The SMILES string of the molecule is NCc1ccc(CNC(=O)c2ccc(CN3CCN(c4ccc(F)cc4)CC3)c(NC(=O)Cc3cccs3)c2)cc1. The van der Waals surface area contributed by atoms with Crippen molar-refractivity contribution in [2.75, 3.05) is 36.4 Å². The van der Waals surface area contributed by atoms with Crippen molar-refractivity contribution >= 4 is 34.5 Å². The predicted octanol–water partition coefficient (Wildman–Crippen LogP) is 4.78. The number of anilines is 2. The average Bonchev–Trinajstić information content (AvgIpc) is 3.51. The first-order valence-electron chi connectivity index (χ1n) is 13.7. The molecule has 0 aliphatic carbocycles. The zero-order chi connectivity index (χ0) is 28.6. The summed E-state index contributed by atoms with van der Waals surface area (Å²) in [7, 11) is 0. The van der Waals surface area contributed by atoms with Crippen LogP contribution < -0.4 is 21.3 Å². The van der Waals surface area contributed by atoms with Crippen LogP contribution in [0.5, 0.6) is 0 Å². The minimum absolute atomic E-state index is 0.118. The molecule has 2 amide bonds. The van der Waals surface area contributed by atoms with Crippen molar-refractivity contribution in [1.82, 2.24) is 10.2 Å². The number of hydrogen-bond donors (Lipinski definition) is 3. The maximum Gasteiger partial charge on any atom is 0.251 e. The van der Waals surface area contributed by atoms with Crippen LogP contribution in [0, 0.1) is 5.82 Å². The highest BCUT2D eigenvalue weighted by Crippen LogP contribution is 2.23. The second kappa shape index (κ2) is 13.5. The van der Waals surface area contributed by atoms with Gasteiger partial charge in [-0.1, -0.05) is 36.4 Å². The Morgan fingerprint density at radius 2 is 1.63 bits per heavy atom. The summed E-state index contributed by atoms with van der Waals surface area (Å²) in [6.45, 7) is 4.79. The van der Waals surface area contributed by atoms with Crippen molar-refractivity contribution in [2.45, 2.75) is 26.1 Å². The number of amides is 2. The summed E-state index contributed by atoms with van der Waals surface area (Å²) in [6, 6.07) is 23.8. The fourth-order valence-corrected chi connectivity index (χ4v) is 5.58. The number of piperazine rings is 1. The topological polar surface area (TPSA) is 90.7 Å². The van der Waals surface area contributed by atoms with Crippen LogP contribution >= 0.6 is 11.3 Å². The Labute approximate surface area is 243 Å². The molecule has 0 unspecified atom stereocenters. The van der Waals surface area contributed by atoms with Crippen molar-refractivity contribution in [1.29, 1.82) is 0 Å². The highest BCUT2D eigenvalue weighted by molar-refractivity contribution is 7.10. The van der Waals surface area contributed by atoms with Gasteiger partial charge in [0.2, 0.25) is 5.91 Å². The summed E-state index contributed by atoms with van der Waals surface area (Å²) in [5, 5.41) is 7.99. The van der Waals surface area contributed by atoms with Crippen molar-refractivity contribution in [3.63, 3.8) is 0 Å². The molecule has 212 valence electrons. The largest absolute Gasteiger partial charge is 0.369 e. The lowest BCUT2D eigenvalue weighted by atomic mass is 10.1. The van der Waals surface area contributed by atoms with E-state index >= 15 is 0 Å². The van der Waals surface area contributed by atoms with Gasteiger partial charge in [0.25, 0.3) is 5.91 Å². The molecule has 5 rings (SSSR count). The number of rotatable bonds is 10. The number of thiophene rings is 1. The zero-order valence-corrected chi connectivity index (χ0v) is 23.6. The standard InChI is InChI=1S/C32H34FN5O2S/c33-27-9-11-28(12-10-27)38-15-13-37(14-16-38)22-26-8-7-25(18-30(26)36-31(39)19-29-2-1-17-41-29)32(40)35-21-24-5-3-23(20-34)4-6-24/h1-12,17-18H,13-16,19-22,34H2,(H,35,40)(H,36,39). The molecule has 0 saturated carbocycles. The van der Waals surface area contributed by atoms with Crippen molar-refractivity contribution in [3.05, 3.63) is 117 Å². The fourth-order valence-electron chi connectivity index (χ4n) is 4.87. The normalized spacial score (nSPS) is 13.7. The monoisotopic (exact) mass is 571 g/mol. The molecule has 0 radical (unpaired) electrons. The van der Waals surface area contributed by atoms with E-state index in [1.807, 2.05) is 66.0 Å². The van der Waals surface area contributed by atoms with E-state index in [9.17, 15) is 14.0 Å². The first kappa shape index (κ1) is 28.5. The molecule has 1 aromatic heterocycles. The Balaban J connectivity index is 1.26. The number of nitrogens with two attached hydrogens (primary N) is 1. The first-order valence-corrected chi connectivity index (χ1v) is 14.6. The molecule has 41 heavy (non-hydrogen) atoms. The van der Waals surface area contributed by atoms with Gasteiger partial charge < -0.3 is 21.3 Å². The van der Waals surface area contributed by atoms with Crippen LogP contribution in [0.2, 0.25) is 0 Å². The fraction of sp³-hybridized carbons (Fsp3) is 0.250. The lowest BCUT2D eigenvalue weighted by Crippen LogP contribution is -2.46. The zero-order valence-electron chi connectivity index (χ0n) is 22.8. The van der Waals surface area contributed by atoms with Gasteiger partial charge in [0.1, 0.15) is 5.82 Å². The summed E-state index contributed by atoms with van der Waals surface area (Å²) >= 11 is 1.54. The van der Waals surface area contributed by atoms with E-state index in [2.05, 4.69) is 20.4 Å². The average molecular weight is 572 g/mol. The number of carbonyl (C=O) groups is 2. The van der Waals surface area contributed by atoms with E-state index in [0.29, 0.717) is 30.9 Å². The molecule has 9 heteroatoms. The molecule has 7 nitrogen and oxygen atoms in total. The van der Waals surface area contributed by atoms with Crippen LogP contribution in [0.3, 0.4) is 0 Å². The lowest BCUT2D eigenvalue weighted by molar-refractivity contribution is -0.115. The molecule has 1 aliphatic heterocycles. The van der Waals surface area contributed by atoms with E-state index < -0.39 is 0 Å². The smallest absolute Gasteiger partial charge is 0.251 e. The summed E-state index contributed by atoms with van der Waals surface area (Å²) in [4.78, 5) is 31.5. The molecule has 4 aromatic rings. The number of benzene rings is 3. The van der Waals surface area contributed by atoms with Gasteiger partial charge in [-0.3, -0.25) is 14.5 Å². The molecule has 0 spiro atoms. The predicted molar refractivity (Wildman–Crippen MR) is 162 cm³/mol. The van der Waals surface area contributed by atoms with Crippen LogP contribution in [0.4, 0.5) is 15.8 Å². The number of hydrogen-bond acceptors (Lipinski definition) is 6. The third-order valence-corrected chi connectivity index (χ3v) is 8.11. The van der Waals surface area contributed by atoms with Gasteiger partial charge in [0.15, 0.2) is 0 Å². The maximum atomic E-state index is 13.3. The molecule has 0 bridgehead atoms. The van der Waals surface area contributed by atoms with Gasteiger partial charge in [-0.15, -0.1) is 11.3 Å². The van der Waals surface area contributed by atoms with Crippen LogP contribution in [0.25, 0.3) is 0 Å². The molecule has 1 aliphatic rings. The number of halogens is 1. The number of carbonyl (C=O) groups excluding carboxylic acids is 2. The van der Waals surface area contributed by atoms with Crippen LogP contribution in [0.15, 0.2) is 84.2 Å². The van der Waals surface area contributed by atoms with Crippen molar-refractivity contribution in [2.24, 2.45) is 5.73 Å². The minimum Gasteiger partial charge on any atom is -0.369 e. The van der Waals surface area contributed by atoms with Gasteiger partial charge >= 0.3 is 0 Å². The third-order valence-electron chi connectivity index (χ3n) is 7.23. The lowest BCUT2D eigenvalue weighted by Gasteiger charge is -2.36. The molecule has 4 N–H and O–H groups in total. The molecular formula is C32H34FN5O2S. The van der Waals surface area contributed by atoms with E-state index in [1.165, 1.54) is 12.1 Å². The Hall–Kier alpha value is -4.05. The Morgan fingerprint density at radius 3 is 2.32 bits per heavy atom. The Morgan fingerprint density at radius 1 is 0.902 bits per heavy atom. The third kappa shape index (κ3) is 7.79. The second-order valence-electron chi connectivity index (χ2n) is 10.1. The van der Waals surface area contributed by atoms with E-state index in [1.54, 1.807) is 17.4 Å². The molecular weight excluding hydrogens is 537 g/mol. The molecule has 1 saturated heterocycles. The Bertz CT molecular complexity index is 1450. The first-order chi connectivity index (χ1) is 20.0. The van der Waals surface area contributed by atoms with Crippen LogP contribution in [-0.4, -0.2) is 42.9 Å². The summed E-state index contributed by atoms with van der Waals surface area (Å²) in [6.07, 6.45) is 0.280.